The van der Waals surface area contributed by atoms with Gasteiger partial charge in [-0.15, -0.1) is 0 Å². The summed E-state index contributed by atoms with van der Waals surface area (Å²) in [4.78, 5) is 53.9. The number of carbonyl (C=O) groups is 4. The van der Waals surface area contributed by atoms with Crippen LogP contribution in [0.3, 0.4) is 0 Å². The van der Waals surface area contributed by atoms with Crippen LogP contribution in [0.25, 0.3) is 0 Å². The molecular weight excluding hydrogens is 638 g/mol. The zero-order valence-corrected chi connectivity index (χ0v) is 26.7. The second kappa shape index (κ2) is 16.2. The molecule has 0 amide bonds. The number of anilines is 1. The normalized spacial score (nSPS) is 19.7. The van der Waals surface area contributed by atoms with Crippen LogP contribution in [0, 0.1) is 0 Å². The van der Waals surface area contributed by atoms with Crippen molar-refractivity contribution in [3.8, 4) is 0 Å². The molecule has 0 unspecified atom stereocenters. The molecule has 5 aromatic carbocycles. The Balaban J connectivity index is 1.41. The van der Waals surface area contributed by atoms with E-state index in [0.29, 0.717) is 11.3 Å². The highest BCUT2D eigenvalue weighted by Crippen LogP contribution is 2.32. The third-order valence-corrected chi connectivity index (χ3v) is 7.86. The lowest BCUT2D eigenvalue weighted by Gasteiger charge is -2.45. The standard InChI is InChI=1S/C40H33NO9/c42-37(27-16-6-1-7-17-27)46-26-32-33(48-38(43)28-18-8-2-9-19-28)34(49-39(44)29-20-10-3-11-21-29)35(50-40(45)30-22-12-4-13-23-30)36(47-32)41-31-24-14-5-15-25-31/h1-25,32-36,41H,26H2/t32-,33-,34+,35-,36-/m1/s1. The summed E-state index contributed by atoms with van der Waals surface area (Å²) in [5.74, 6) is -2.91. The van der Waals surface area contributed by atoms with Crippen LogP contribution in [-0.4, -0.2) is 61.1 Å². The fraction of sp³-hybridized carbons (Fsp3) is 0.150. The molecule has 0 bridgehead atoms. The van der Waals surface area contributed by atoms with Crippen molar-refractivity contribution < 1.29 is 42.9 Å². The second-order valence-corrected chi connectivity index (χ2v) is 11.3. The van der Waals surface area contributed by atoms with Crippen LogP contribution < -0.4 is 5.32 Å². The van der Waals surface area contributed by atoms with Crippen molar-refractivity contribution in [2.75, 3.05) is 11.9 Å². The number of para-hydroxylation sites is 1. The highest BCUT2D eigenvalue weighted by Gasteiger charge is 2.53. The van der Waals surface area contributed by atoms with Gasteiger partial charge in [0.05, 0.1) is 22.3 Å². The largest absolute Gasteiger partial charge is 0.459 e. The Morgan fingerprint density at radius 3 is 1.26 bits per heavy atom. The predicted molar refractivity (Wildman–Crippen MR) is 182 cm³/mol. The quantitative estimate of drug-likeness (QED) is 0.125. The van der Waals surface area contributed by atoms with E-state index in [1.807, 2.05) is 6.07 Å². The lowest BCUT2D eigenvalue weighted by molar-refractivity contribution is -0.222. The molecule has 1 saturated heterocycles. The van der Waals surface area contributed by atoms with Gasteiger partial charge < -0.3 is 29.0 Å². The van der Waals surface area contributed by atoms with Gasteiger partial charge in [-0.2, -0.15) is 0 Å². The molecule has 1 aliphatic rings. The molecule has 10 nitrogen and oxygen atoms in total. The Labute approximate surface area is 288 Å². The first-order chi connectivity index (χ1) is 24.5. The molecule has 0 radical (unpaired) electrons. The van der Waals surface area contributed by atoms with Crippen LogP contribution in [0.15, 0.2) is 152 Å². The second-order valence-electron chi connectivity index (χ2n) is 11.3. The third-order valence-electron chi connectivity index (χ3n) is 7.86. The summed E-state index contributed by atoms with van der Waals surface area (Å²) in [6, 6.07) is 42.0. The smallest absolute Gasteiger partial charge is 0.338 e. The van der Waals surface area contributed by atoms with Crippen LogP contribution in [0.1, 0.15) is 41.4 Å². The number of carbonyl (C=O) groups excluding carboxylic acids is 4. The zero-order chi connectivity index (χ0) is 34.7. The lowest BCUT2D eigenvalue weighted by Crippen LogP contribution is -2.64. The van der Waals surface area contributed by atoms with Gasteiger partial charge in [0.2, 0.25) is 0 Å². The summed E-state index contributed by atoms with van der Waals surface area (Å²) in [7, 11) is 0. The fourth-order valence-corrected chi connectivity index (χ4v) is 5.38. The van der Waals surface area contributed by atoms with E-state index in [1.54, 1.807) is 146 Å². The van der Waals surface area contributed by atoms with E-state index in [0.717, 1.165) is 0 Å². The monoisotopic (exact) mass is 671 g/mol. The average molecular weight is 672 g/mol. The van der Waals surface area contributed by atoms with E-state index >= 15 is 0 Å². The molecule has 1 aliphatic heterocycles. The minimum absolute atomic E-state index is 0.208. The van der Waals surface area contributed by atoms with Gasteiger partial charge in [-0.05, 0) is 60.7 Å². The summed E-state index contributed by atoms with van der Waals surface area (Å²) in [5, 5.41) is 3.21. The Morgan fingerprint density at radius 2 is 0.820 bits per heavy atom. The molecule has 10 heteroatoms. The van der Waals surface area contributed by atoms with Crippen molar-refractivity contribution in [2.45, 2.75) is 30.6 Å². The summed E-state index contributed by atoms with van der Waals surface area (Å²) in [6.07, 6.45) is -6.60. The van der Waals surface area contributed by atoms with Crippen LogP contribution in [0.2, 0.25) is 0 Å². The molecule has 0 spiro atoms. The summed E-state index contributed by atoms with van der Waals surface area (Å²) >= 11 is 0. The molecule has 1 heterocycles. The maximum absolute atomic E-state index is 13.7. The van der Waals surface area contributed by atoms with Crippen molar-refractivity contribution >= 4 is 29.6 Å². The molecule has 252 valence electrons. The van der Waals surface area contributed by atoms with Gasteiger partial charge in [0.1, 0.15) is 12.7 Å². The van der Waals surface area contributed by atoms with Crippen LogP contribution in [0.4, 0.5) is 5.69 Å². The van der Waals surface area contributed by atoms with Crippen molar-refractivity contribution in [1.82, 2.24) is 0 Å². The number of rotatable bonds is 11. The van der Waals surface area contributed by atoms with E-state index in [1.165, 1.54) is 0 Å². The molecule has 5 aromatic rings. The first kappa shape index (κ1) is 33.6. The fourth-order valence-electron chi connectivity index (χ4n) is 5.38. The summed E-state index contributed by atoms with van der Waals surface area (Å²) in [6.45, 7) is -0.411. The lowest BCUT2D eigenvalue weighted by atomic mass is 9.96. The highest BCUT2D eigenvalue weighted by molar-refractivity contribution is 5.91. The third kappa shape index (κ3) is 8.41. The van der Waals surface area contributed by atoms with E-state index in [9.17, 15) is 19.2 Å². The van der Waals surface area contributed by atoms with E-state index in [-0.39, 0.29) is 16.7 Å². The van der Waals surface area contributed by atoms with Crippen molar-refractivity contribution in [3.05, 3.63) is 174 Å². The van der Waals surface area contributed by atoms with Gasteiger partial charge in [0, 0.05) is 5.69 Å². The number of benzene rings is 5. The van der Waals surface area contributed by atoms with Gasteiger partial charge in [0.15, 0.2) is 24.5 Å². The summed E-state index contributed by atoms with van der Waals surface area (Å²) in [5.41, 5.74) is 1.53. The number of nitrogens with one attached hydrogen (secondary N) is 1. The number of hydrogen-bond donors (Lipinski definition) is 1. The van der Waals surface area contributed by atoms with E-state index < -0.39 is 61.1 Å². The first-order valence-electron chi connectivity index (χ1n) is 15.9. The maximum Gasteiger partial charge on any atom is 0.338 e. The number of ether oxygens (including phenoxy) is 5. The highest BCUT2D eigenvalue weighted by atomic mass is 16.7. The Morgan fingerprint density at radius 1 is 0.460 bits per heavy atom. The van der Waals surface area contributed by atoms with Gasteiger partial charge in [0.25, 0.3) is 0 Å². The number of esters is 4. The van der Waals surface area contributed by atoms with Crippen molar-refractivity contribution in [1.29, 1.82) is 0 Å². The Bertz CT molecular complexity index is 1870. The zero-order valence-electron chi connectivity index (χ0n) is 26.7. The molecular formula is C40H33NO9. The van der Waals surface area contributed by atoms with Gasteiger partial charge >= 0.3 is 23.9 Å². The molecule has 5 atom stereocenters. The van der Waals surface area contributed by atoms with Gasteiger partial charge in [-0.3, -0.25) is 0 Å². The van der Waals surface area contributed by atoms with Crippen LogP contribution >= 0.6 is 0 Å². The predicted octanol–water partition coefficient (Wildman–Crippen LogP) is 6.36. The number of hydrogen-bond acceptors (Lipinski definition) is 10. The van der Waals surface area contributed by atoms with Gasteiger partial charge in [-0.1, -0.05) is 91.0 Å². The van der Waals surface area contributed by atoms with Crippen LogP contribution in [0.5, 0.6) is 0 Å². The minimum atomic E-state index is -1.45. The van der Waals surface area contributed by atoms with E-state index in [4.69, 9.17) is 23.7 Å². The Kier molecular flexibility index (Phi) is 10.9. The minimum Gasteiger partial charge on any atom is -0.459 e. The van der Waals surface area contributed by atoms with Gasteiger partial charge in [-0.25, -0.2) is 19.2 Å². The van der Waals surface area contributed by atoms with E-state index in [2.05, 4.69) is 5.32 Å². The topological polar surface area (TPSA) is 126 Å². The van der Waals surface area contributed by atoms with Crippen LogP contribution in [-0.2, 0) is 23.7 Å². The molecule has 1 N–H and O–H groups in total. The SMILES string of the molecule is O=C(OC[C@H]1O[C@@H](Nc2ccccc2)[C@H](OC(=O)c2ccccc2)[C@@H](OC(=O)c2ccccc2)[C@@H]1OC(=O)c1ccccc1)c1ccccc1. The first-order valence-corrected chi connectivity index (χ1v) is 15.9. The Hall–Kier alpha value is -6.26. The molecule has 0 saturated carbocycles. The molecule has 0 aliphatic carbocycles. The maximum atomic E-state index is 13.7. The van der Waals surface area contributed by atoms with Crippen molar-refractivity contribution in [2.24, 2.45) is 0 Å². The summed E-state index contributed by atoms with van der Waals surface area (Å²) < 4.78 is 30.4. The van der Waals surface area contributed by atoms with Crippen molar-refractivity contribution in [3.63, 3.8) is 0 Å². The molecule has 0 aromatic heterocycles. The average Bonchev–Trinajstić information content (AvgIpc) is 3.17. The molecule has 6 rings (SSSR count). The molecule has 50 heavy (non-hydrogen) atoms. The molecule has 1 fully saturated rings.